The van der Waals surface area contributed by atoms with Crippen LogP contribution in [0.3, 0.4) is 0 Å². The van der Waals surface area contributed by atoms with Gasteiger partial charge in [-0.05, 0) is 26.0 Å². The van der Waals surface area contributed by atoms with Gasteiger partial charge >= 0.3 is 0 Å². The van der Waals surface area contributed by atoms with E-state index in [9.17, 15) is 4.79 Å². The van der Waals surface area contributed by atoms with E-state index in [1.165, 1.54) is 0 Å². The van der Waals surface area contributed by atoms with Gasteiger partial charge in [0.2, 0.25) is 0 Å². The molecule has 0 saturated carbocycles. The van der Waals surface area contributed by atoms with Crippen molar-refractivity contribution in [3.63, 3.8) is 0 Å². The number of halogens is 1. The van der Waals surface area contributed by atoms with E-state index in [0.29, 0.717) is 31.2 Å². The Morgan fingerprint density at radius 3 is 2.68 bits per heavy atom. The van der Waals surface area contributed by atoms with Crippen molar-refractivity contribution in [3.05, 3.63) is 24.3 Å². The van der Waals surface area contributed by atoms with E-state index in [2.05, 4.69) is 5.32 Å². The summed E-state index contributed by atoms with van der Waals surface area (Å²) >= 11 is 0. The van der Waals surface area contributed by atoms with E-state index < -0.39 is 6.10 Å². The van der Waals surface area contributed by atoms with Crippen LogP contribution in [0.25, 0.3) is 0 Å². The van der Waals surface area contributed by atoms with Crippen LogP contribution in [0.1, 0.15) is 13.8 Å². The Kier molecular flexibility index (Phi) is 8.95. The molecule has 0 radical (unpaired) electrons. The molecule has 0 heterocycles. The Morgan fingerprint density at radius 1 is 1.37 bits per heavy atom. The van der Waals surface area contributed by atoms with Gasteiger partial charge in [0, 0.05) is 6.61 Å². The number of nitrogen functional groups attached to an aromatic ring is 1. The summed E-state index contributed by atoms with van der Waals surface area (Å²) in [5, 5.41) is 2.72. The van der Waals surface area contributed by atoms with Gasteiger partial charge in [0.05, 0.1) is 24.6 Å². The first-order chi connectivity index (χ1) is 8.65. The van der Waals surface area contributed by atoms with Crippen LogP contribution in [-0.2, 0) is 14.3 Å². The highest BCUT2D eigenvalue weighted by Crippen LogP contribution is 2.16. The quantitative estimate of drug-likeness (QED) is 0.595. The second-order valence-electron chi connectivity index (χ2n) is 3.79. The summed E-state index contributed by atoms with van der Waals surface area (Å²) in [5.41, 5.74) is 6.87. The number of para-hydroxylation sites is 2. The molecule has 0 aromatic heterocycles. The van der Waals surface area contributed by atoms with Crippen molar-refractivity contribution in [2.24, 2.45) is 0 Å². The van der Waals surface area contributed by atoms with Crippen molar-refractivity contribution in [3.8, 4) is 0 Å². The fraction of sp³-hybridized carbons (Fsp3) is 0.462. The Morgan fingerprint density at radius 2 is 2.05 bits per heavy atom. The average molecular weight is 289 g/mol. The highest BCUT2D eigenvalue weighted by atomic mass is 35.5. The number of amides is 1. The molecule has 0 spiro atoms. The number of benzene rings is 1. The van der Waals surface area contributed by atoms with Crippen molar-refractivity contribution in [2.45, 2.75) is 20.0 Å². The highest BCUT2D eigenvalue weighted by molar-refractivity contribution is 5.96. The number of carbonyl (C=O) groups excluding carboxylic acids is 1. The molecule has 1 unspecified atom stereocenters. The lowest BCUT2D eigenvalue weighted by molar-refractivity contribution is -0.127. The molecular weight excluding hydrogens is 268 g/mol. The molecule has 0 bridgehead atoms. The Balaban J connectivity index is 0.00000324. The number of hydrogen-bond donors (Lipinski definition) is 2. The van der Waals surface area contributed by atoms with Gasteiger partial charge in [-0.25, -0.2) is 0 Å². The van der Waals surface area contributed by atoms with Crippen molar-refractivity contribution >= 4 is 29.7 Å². The predicted molar refractivity (Wildman–Crippen MR) is 78.6 cm³/mol. The number of hydrogen-bond acceptors (Lipinski definition) is 4. The monoisotopic (exact) mass is 288 g/mol. The van der Waals surface area contributed by atoms with Gasteiger partial charge in [0.1, 0.15) is 6.10 Å². The molecule has 1 atom stereocenters. The average Bonchev–Trinajstić information content (AvgIpc) is 2.37. The Hall–Kier alpha value is -1.30. The lowest BCUT2D eigenvalue weighted by Crippen LogP contribution is -2.29. The molecule has 0 saturated heterocycles. The SMILES string of the molecule is CCOCCOC(C)C(=O)Nc1ccccc1N.Cl. The number of nitrogens with two attached hydrogens (primary N) is 1. The third-order valence-electron chi connectivity index (χ3n) is 2.39. The van der Waals surface area contributed by atoms with Crippen molar-refractivity contribution < 1.29 is 14.3 Å². The molecule has 19 heavy (non-hydrogen) atoms. The van der Waals surface area contributed by atoms with Gasteiger partial charge in [0.25, 0.3) is 5.91 Å². The maximum absolute atomic E-state index is 11.8. The van der Waals surface area contributed by atoms with Crippen LogP contribution in [-0.4, -0.2) is 31.8 Å². The summed E-state index contributed by atoms with van der Waals surface area (Å²) in [5.74, 6) is -0.218. The van der Waals surface area contributed by atoms with Crippen LogP contribution in [0, 0.1) is 0 Å². The molecule has 0 aliphatic rings. The minimum Gasteiger partial charge on any atom is -0.397 e. The lowest BCUT2D eigenvalue weighted by Gasteiger charge is -2.14. The fourth-order valence-electron chi connectivity index (χ4n) is 1.35. The van der Waals surface area contributed by atoms with Crippen LogP contribution in [0.15, 0.2) is 24.3 Å². The van der Waals surface area contributed by atoms with Crippen LogP contribution in [0.4, 0.5) is 11.4 Å². The zero-order valence-corrected chi connectivity index (χ0v) is 12.0. The van der Waals surface area contributed by atoms with Gasteiger partial charge in [-0.1, -0.05) is 12.1 Å². The third-order valence-corrected chi connectivity index (χ3v) is 2.39. The van der Waals surface area contributed by atoms with E-state index in [1.807, 2.05) is 19.1 Å². The molecule has 1 rings (SSSR count). The van der Waals surface area contributed by atoms with Crippen molar-refractivity contribution in [1.82, 2.24) is 0 Å². The van der Waals surface area contributed by atoms with E-state index in [0.717, 1.165) is 0 Å². The number of anilines is 2. The molecule has 0 aliphatic carbocycles. The third kappa shape index (κ3) is 6.42. The first-order valence-electron chi connectivity index (χ1n) is 6.00. The van der Waals surface area contributed by atoms with Gasteiger partial charge in [-0.15, -0.1) is 12.4 Å². The van der Waals surface area contributed by atoms with Crippen LogP contribution in [0.2, 0.25) is 0 Å². The maximum atomic E-state index is 11.8. The van der Waals surface area contributed by atoms with E-state index in [4.69, 9.17) is 15.2 Å². The van der Waals surface area contributed by atoms with Gasteiger partial charge < -0.3 is 20.5 Å². The zero-order valence-electron chi connectivity index (χ0n) is 11.2. The molecule has 1 aromatic rings. The number of carbonyl (C=O) groups is 1. The van der Waals surface area contributed by atoms with Gasteiger partial charge in [-0.3, -0.25) is 4.79 Å². The molecular formula is C13H21ClN2O3. The molecule has 5 nitrogen and oxygen atoms in total. The molecule has 1 aromatic carbocycles. The maximum Gasteiger partial charge on any atom is 0.253 e. The summed E-state index contributed by atoms with van der Waals surface area (Å²) in [4.78, 5) is 11.8. The van der Waals surface area contributed by atoms with Crippen molar-refractivity contribution in [1.29, 1.82) is 0 Å². The Bertz CT molecular complexity index is 388. The standard InChI is InChI=1S/C13H20N2O3.ClH/c1-3-17-8-9-18-10(2)13(16)15-12-7-5-4-6-11(12)14;/h4-7,10H,3,8-9,14H2,1-2H3,(H,15,16);1H. The second-order valence-corrected chi connectivity index (χ2v) is 3.79. The smallest absolute Gasteiger partial charge is 0.253 e. The molecule has 6 heteroatoms. The first kappa shape index (κ1) is 17.7. The molecule has 3 N–H and O–H groups in total. The predicted octanol–water partition coefficient (Wildman–Crippen LogP) is 2.07. The van der Waals surface area contributed by atoms with Crippen LogP contribution in [0.5, 0.6) is 0 Å². The first-order valence-corrected chi connectivity index (χ1v) is 6.00. The molecule has 0 fully saturated rings. The molecule has 0 aliphatic heterocycles. The number of ether oxygens (including phenoxy) is 2. The van der Waals surface area contributed by atoms with E-state index >= 15 is 0 Å². The lowest BCUT2D eigenvalue weighted by atomic mass is 10.2. The summed E-state index contributed by atoms with van der Waals surface area (Å²) < 4.78 is 10.5. The normalized spacial score (nSPS) is 11.5. The molecule has 1 amide bonds. The van der Waals surface area contributed by atoms with Crippen molar-refractivity contribution in [2.75, 3.05) is 30.9 Å². The fourth-order valence-corrected chi connectivity index (χ4v) is 1.35. The van der Waals surface area contributed by atoms with Gasteiger partial charge in [0.15, 0.2) is 0 Å². The summed E-state index contributed by atoms with van der Waals surface area (Å²) in [6.45, 7) is 5.13. The number of nitrogens with one attached hydrogen (secondary N) is 1. The minimum absolute atomic E-state index is 0. The zero-order chi connectivity index (χ0) is 13.4. The number of rotatable bonds is 7. The van der Waals surface area contributed by atoms with Crippen LogP contribution < -0.4 is 11.1 Å². The summed E-state index contributed by atoms with van der Waals surface area (Å²) in [6.07, 6.45) is -0.537. The topological polar surface area (TPSA) is 73.6 Å². The molecule has 108 valence electrons. The summed E-state index contributed by atoms with van der Waals surface area (Å²) in [6, 6.07) is 7.11. The minimum atomic E-state index is -0.537. The second kappa shape index (κ2) is 9.61. The Labute approximate surface area is 119 Å². The highest BCUT2D eigenvalue weighted by Gasteiger charge is 2.14. The largest absolute Gasteiger partial charge is 0.397 e. The summed E-state index contributed by atoms with van der Waals surface area (Å²) in [7, 11) is 0. The van der Waals surface area contributed by atoms with Crippen LogP contribution >= 0.6 is 12.4 Å². The van der Waals surface area contributed by atoms with E-state index in [1.54, 1.807) is 19.1 Å². The van der Waals surface area contributed by atoms with E-state index in [-0.39, 0.29) is 18.3 Å². The van der Waals surface area contributed by atoms with Gasteiger partial charge in [-0.2, -0.15) is 0 Å².